The summed E-state index contributed by atoms with van der Waals surface area (Å²) in [5, 5.41) is 20.7. The van der Waals surface area contributed by atoms with Crippen molar-refractivity contribution in [2.45, 2.75) is 0 Å². The third-order valence-electron chi connectivity index (χ3n) is 3.55. The van der Waals surface area contributed by atoms with E-state index in [0.29, 0.717) is 21.5 Å². The van der Waals surface area contributed by atoms with E-state index in [0.717, 1.165) is 5.56 Å². The third-order valence-corrected chi connectivity index (χ3v) is 4.01. The normalized spacial score (nSPS) is 10.8. The molecular formula is C18H15BrN4O3. The Morgan fingerprint density at radius 3 is 2.81 bits per heavy atom. The summed E-state index contributed by atoms with van der Waals surface area (Å²) in [6, 6.07) is 14.4. The lowest BCUT2D eigenvalue weighted by Gasteiger charge is -2.06. The molecule has 0 radical (unpaired) electrons. The zero-order chi connectivity index (χ0) is 18.5. The summed E-state index contributed by atoms with van der Waals surface area (Å²) in [6.07, 6.45) is 1.33. The van der Waals surface area contributed by atoms with E-state index in [2.05, 4.69) is 36.7 Å². The van der Waals surface area contributed by atoms with Crippen molar-refractivity contribution in [3.63, 3.8) is 0 Å². The van der Waals surface area contributed by atoms with Gasteiger partial charge in [0.25, 0.3) is 5.91 Å². The predicted molar refractivity (Wildman–Crippen MR) is 101 cm³/mol. The fourth-order valence-corrected chi connectivity index (χ4v) is 2.72. The number of hydrazone groups is 1. The van der Waals surface area contributed by atoms with Crippen LogP contribution in [0.1, 0.15) is 16.1 Å². The Kier molecular flexibility index (Phi) is 5.33. The highest BCUT2D eigenvalue weighted by molar-refractivity contribution is 9.10. The molecule has 1 aromatic heterocycles. The number of benzene rings is 2. The fourth-order valence-electron chi connectivity index (χ4n) is 2.26. The molecule has 0 aliphatic heterocycles. The monoisotopic (exact) mass is 414 g/mol. The van der Waals surface area contributed by atoms with E-state index >= 15 is 0 Å². The number of H-pyrrole nitrogens is 1. The van der Waals surface area contributed by atoms with Gasteiger partial charge in [-0.05, 0) is 18.2 Å². The topological polar surface area (TPSA) is 99.6 Å². The van der Waals surface area contributed by atoms with Crippen LogP contribution in [-0.4, -0.2) is 34.5 Å². The van der Waals surface area contributed by atoms with Crippen LogP contribution in [0.15, 0.2) is 58.1 Å². The van der Waals surface area contributed by atoms with Crippen LogP contribution in [-0.2, 0) is 0 Å². The van der Waals surface area contributed by atoms with E-state index in [1.54, 1.807) is 18.2 Å². The Balaban J connectivity index is 1.71. The average molecular weight is 415 g/mol. The quantitative estimate of drug-likeness (QED) is 0.440. The summed E-state index contributed by atoms with van der Waals surface area (Å²) >= 11 is 3.32. The molecule has 1 amide bonds. The van der Waals surface area contributed by atoms with Crippen molar-refractivity contribution in [3.8, 4) is 22.8 Å². The Hall–Kier alpha value is -3.13. The van der Waals surface area contributed by atoms with E-state index in [1.807, 2.05) is 30.3 Å². The number of aromatic nitrogens is 2. The highest BCUT2D eigenvalue weighted by atomic mass is 79.9. The van der Waals surface area contributed by atoms with Crippen LogP contribution in [0.5, 0.6) is 11.5 Å². The number of rotatable bonds is 5. The van der Waals surface area contributed by atoms with Gasteiger partial charge >= 0.3 is 0 Å². The van der Waals surface area contributed by atoms with Gasteiger partial charge in [0, 0.05) is 15.6 Å². The molecule has 132 valence electrons. The van der Waals surface area contributed by atoms with Gasteiger partial charge < -0.3 is 9.84 Å². The molecule has 3 N–H and O–H groups in total. The highest BCUT2D eigenvalue weighted by Crippen LogP contribution is 2.32. The van der Waals surface area contributed by atoms with Gasteiger partial charge in [0.05, 0.1) is 19.0 Å². The molecule has 2 aromatic carbocycles. The molecule has 0 saturated carbocycles. The molecule has 1 heterocycles. The molecule has 0 unspecified atom stereocenters. The molecule has 26 heavy (non-hydrogen) atoms. The molecular weight excluding hydrogens is 400 g/mol. The first-order valence-corrected chi connectivity index (χ1v) is 8.38. The number of phenols is 1. The van der Waals surface area contributed by atoms with Crippen molar-refractivity contribution < 1.29 is 14.6 Å². The molecule has 0 saturated heterocycles. The number of carbonyl (C=O) groups is 1. The van der Waals surface area contributed by atoms with E-state index in [9.17, 15) is 9.90 Å². The van der Waals surface area contributed by atoms with Gasteiger partial charge in [-0.2, -0.15) is 10.2 Å². The van der Waals surface area contributed by atoms with Gasteiger partial charge in [0.2, 0.25) is 0 Å². The number of ether oxygens (including phenoxy) is 1. The number of amides is 1. The fraction of sp³-hybridized carbons (Fsp3) is 0.0556. The molecule has 8 heteroatoms. The Bertz CT molecular complexity index is 954. The zero-order valence-corrected chi connectivity index (χ0v) is 15.3. The minimum atomic E-state index is -0.447. The maximum atomic E-state index is 12.2. The molecule has 0 fully saturated rings. The molecule has 0 bridgehead atoms. The molecule has 3 rings (SSSR count). The van der Waals surface area contributed by atoms with Crippen LogP contribution >= 0.6 is 15.9 Å². The third kappa shape index (κ3) is 3.92. The molecule has 0 aliphatic carbocycles. The second-order valence-electron chi connectivity index (χ2n) is 5.28. The predicted octanol–water partition coefficient (Wildman–Crippen LogP) is 3.32. The van der Waals surface area contributed by atoms with Gasteiger partial charge in [-0.1, -0.05) is 46.3 Å². The first kappa shape index (κ1) is 17.7. The standard InChI is InChI=1S/C18H15BrN4O3/c1-26-16-8-13(19)7-12(17(16)24)10-20-23-18(25)15-9-14(21-22-15)11-5-3-2-4-6-11/h2-10,24H,1H3,(H,21,22)(H,23,25)/b20-10+. The Labute approximate surface area is 157 Å². The van der Waals surface area contributed by atoms with Crippen molar-refractivity contribution in [1.29, 1.82) is 0 Å². The second kappa shape index (κ2) is 7.83. The molecule has 3 aromatic rings. The van der Waals surface area contributed by atoms with E-state index in [1.165, 1.54) is 13.3 Å². The summed E-state index contributed by atoms with van der Waals surface area (Å²) in [4.78, 5) is 12.2. The summed E-state index contributed by atoms with van der Waals surface area (Å²) < 4.78 is 5.77. The van der Waals surface area contributed by atoms with Crippen molar-refractivity contribution in [3.05, 3.63) is 64.3 Å². The van der Waals surface area contributed by atoms with Gasteiger partial charge in [0.15, 0.2) is 11.5 Å². The maximum Gasteiger partial charge on any atom is 0.289 e. The van der Waals surface area contributed by atoms with Crippen LogP contribution in [0.2, 0.25) is 0 Å². The van der Waals surface area contributed by atoms with Gasteiger partial charge in [-0.25, -0.2) is 5.43 Å². The van der Waals surface area contributed by atoms with Crippen LogP contribution < -0.4 is 10.2 Å². The number of aromatic amines is 1. The number of phenolic OH excluding ortho intramolecular Hbond substituents is 1. The number of hydrogen-bond acceptors (Lipinski definition) is 5. The first-order valence-electron chi connectivity index (χ1n) is 7.59. The van der Waals surface area contributed by atoms with Gasteiger partial charge in [-0.15, -0.1) is 0 Å². The number of nitrogens with zero attached hydrogens (tertiary/aromatic N) is 2. The first-order chi connectivity index (χ1) is 12.6. The van der Waals surface area contributed by atoms with Crippen molar-refractivity contribution in [2.24, 2.45) is 5.10 Å². The lowest BCUT2D eigenvalue weighted by molar-refractivity contribution is 0.0950. The largest absolute Gasteiger partial charge is 0.504 e. The number of carbonyl (C=O) groups excluding carboxylic acids is 1. The van der Waals surface area contributed by atoms with Gasteiger partial charge in [0.1, 0.15) is 5.69 Å². The van der Waals surface area contributed by atoms with Crippen LogP contribution in [0.25, 0.3) is 11.3 Å². The minimum absolute atomic E-state index is 0.0680. The van der Waals surface area contributed by atoms with E-state index in [4.69, 9.17) is 4.74 Å². The van der Waals surface area contributed by atoms with Crippen LogP contribution in [0.3, 0.4) is 0 Å². The second-order valence-corrected chi connectivity index (χ2v) is 6.19. The van der Waals surface area contributed by atoms with Crippen molar-refractivity contribution in [2.75, 3.05) is 7.11 Å². The van der Waals surface area contributed by atoms with E-state index < -0.39 is 5.91 Å². The number of methoxy groups -OCH3 is 1. The van der Waals surface area contributed by atoms with Crippen molar-refractivity contribution >= 4 is 28.1 Å². The van der Waals surface area contributed by atoms with Gasteiger partial charge in [-0.3, -0.25) is 9.89 Å². The van der Waals surface area contributed by atoms with Crippen molar-refractivity contribution in [1.82, 2.24) is 15.6 Å². The Morgan fingerprint density at radius 1 is 1.31 bits per heavy atom. The lowest BCUT2D eigenvalue weighted by atomic mass is 10.1. The Morgan fingerprint density at radius 2 is 2.08 bits per heavy atom. The maximum absolute atomic E-state index is 12.2. The number of hydrogen-bond donors (Lipinski definition) is 3. The highest BCUT2D eigenvalue weighted by Gasteiger charge is 2.11. The molecule has 7 nitrogen and oxygen atoms in total. The number of nitrogens with one attached hydrogen (secondary N) is 2. The van der Waals surface area contributed by atoms with E-state index in [-0.39, 0.29) is 11.4 Å². The number of aromatic hydroxyl groups is 1. The summed E-state index contributed by atoms with van der Waals surface area (Å²) in [7, 11) is 1.45. The SMILES string of the molecule is COc1cc(Br)cc(/C=N/NC(=O)c2cc(-c3ccccc3)n[nH]2)c1O. The molecule has 0 atom stereocenters. The number of halogens is 1. The smallest absolute Gasteiger partial charge is 0.289 e. The molecule has 0 aliphatic rings. The zero-order valence-electron chi connectivity index (χ0n) is 13.7. The minimum Gasteiger partial charge on any atom is -0.504 e. The lowest BCUT2D eigenvalue weighted by Crippen LogP contribution is -2.18. The molecule has 0 spiro atoms. The van der Waals surface area contributed by atoms with Crippen LogP contribution in [0.4, 0.5) is 0 Å². The average Bonchev–Trinajstić information content (AvgIpc) is 3.15. The summed E-state index contributed by atoms with van der Waals surface area (Å²) in [5.74, 6) is -0.216. The summed E-state index contributed by atoms with van der Waals surface area (Å²) in [6.45, 7) is 0. The summed E-state index contributed by atoms with van der Waals surface area (Å²) in [5.41, 5.74) is 4.62. The van der Waals surface area contributed by atoms with Crippen LogP contribution in [0, 0.1) is 0 Å².